The van der Waals surface area contributed by atoms with Crippen LogP contribution in [0.4, 0.5) is 5.69 Å². The van der Waals surface area contributed by atoms with Crippen molar-refractivity contribution in [2.75, 3.05) is 11.9 Å². The van der Waals surface area contributed by atoms with Crippen LogP contribution in [0.15, 0.2) is 63.9 Å². The van der Waals surface area contributed by atoms with Gasteiger partial charge in [0.2, 0.25) is 11.7 Å². The third-order valence-electron chi connectivity index (χ3n) is 5.18. The molecule has 0 aliphatic heterocycles. The molecule has 0 aliphatic rings. The molecule has 4 rings (SSSR count). The lowest BCUT2D eigenvalue weighted by Gasteiger charge is -2.13. The van der Waals surface area contributed by atoms with Gasteiger partial charge >= 0.3 is 0 Å². The second-order valence-corrected chi connectivity index (χ2v) is 8.11. The average Bonchev–Trinajstić information content (AvgIpc) is 3.28. The highest BCUT2D eigenvalue weighted by molar-refractivity contribution is 6.30. The van der Waals surface area contributed by atoms with Gasteiger partial charge in [-0.3, -0.25) is 9.59 Å². The van der Waals surface area contributed by atoms with E-state index in [0.717, 1.165) is 0 Å². The van der Waals surface area contributed by atoms with Crippen LogP contribution in [-0.2, 0) is 11.3 Å². The molecule has 34 heavy (non-hydrogen) atoms. The number of ether oxygens (including phenoxy) is 1. The van der Waals surface area contributed by atoms with Crippen LogP contribution in [0.2, 0.25) is 5.02 Å². The molecule has 0 aliphatic carbocycles. The molecule has 0 spiro atoms. The zero-order valence-corrected chi connectivity index (χ0v) is 19.7. The summed E-state index contributed by atoms with van der Waals surface area (Å²) < 4.78 is 12.2. The Balaban J connectivity index is 1.59. The van der Waals surface area contributed by atoms with Gasteiger partial charge in [0.05, 0.1) is 6.61 Å². The Morgan fingerprint density at radius 1 is 1.15 bits per heavy atom. The number of hydrogen-bond acceptors (Lipinski definition) is 6. The van der Waals surface area contributed by atoms with Gasteiger partial charge in [-0.1, -0.05) is 28.9 Å². The lowest BCUT2D eigenvalue weighted by Crippen LogP contribution is -2.30. The Kier molecular flexibility index (Phi) is 6.79. The van der Waals surface area contributed by atoms with E-state index in [1.54, 1.807) is 62.4 Å². The van der Waals surface area contributed by atoms with Crippen molar-refractivity contribution in [1.82, 2.24) is 14.7 Å². The molecule has 0 saturated carbocycles. The second kappa shape index (κ2) is 9.93. The Morgan fingerprint density at radius 3 is 2.62 bits per heavy atom. The normalized spacial score (nSPS) is 10.8. The zero-order chi connectivity index (χ0) is 24.2. The van der Waals surface area contributed by atoms with Gasteiger partial charge in [0.15, 0.2) is 0 Å². The number of aromatic nitrogens is 3. The summed E-state index contributed by atoms with van der Waals surface area (Å²) in [4.78, 5) is 30.4. The predicted octanol–water partition coefficient (Wildman–Crippen LogP) is 4.87. The van der Waals surface area contributed by atoms with E-state index in [0.29, 0.717) is 45.7 Å². The van der Waals surface area contributed by atoms with Crippen LogP contribution in [0, 0.1) is 13.8 Å². The van der Waals surface area contributed by atoms with Crippen LogP contribution in [-0.4, -0.2) is 27.2 Å². The molecule has 0 atom stereocenters. The molecular formula is C25H23ClN4O4. The van der Waals surface area contributed by atoms with Crippen LogP contribution in [0.25, 0.3) is 22.8 Å². The molecule has 0 fully saturated rings. The number of amides is 1. The fraction of sp³-hybridized carbons (Fsp3) is 0.200. The number of aryl methyl sites for hydroxylation is 2. The average molecular weight is 479 g/mol. The molecule has 0 radical (unpaired) electrons. The van der Waals surface area contributed by atoms with Crippen molar-refractivity contribution in [2.24, 2.45) is 0 Å². The number of carbonyl (C=O) groups excluding carboxylic acids is 1. The molecule has 1 N–H and O–H groups in total. The van der Waals surface area contributed by atoms with Crippen LogP contribution in [0.1, 0.15) is 18.2 Å². The molecule has 0 saturated heterocycles. The number of anilines is 1. The largest absolute Gasteiger partial charge is 0.494 e. The second-order valence-electron chi connectivity index (χ2n) is 7.67. The molecule has 4 aromatic rings. The van der Waals surface area contributed by atoms with Crippen LogP contribution in [0.5, 0.6) is 5.75 Å². The molecule has 1 amide bonds. The third-order valence-corrected chi connectivity index (χ3v) is 5.41. The fourth-order valence-electron chi connectivity index (χ4n) is 3.60. The first-order chi connectivity index (χ1) is 16.4. The summed E-state index contributed by atoms with van der Waals surface area (Å²) in [5, 5.41) is 7.33. The van der Waals surface area contributed by atoms with Crippen molar-refractivity contribution in [3.8, 4) is 28.6 Å². The van der Waals surface area contributed by atoms with Crippen LogP contribution in [0.3, 0.4) is 0 Å². The maximum atomic E-state index is 13.3. The first kappa shape index (κ1) is 23.3. The van der Waals surface area contributed by atoms with Crippen molar-refractivity contribution in [1.29, 1.82) is 0 Å². The van der Waals surface area contributed by atoms with Crippen molar-refractivity contribution in [3.63, 3.8) is 0 Å². The van der Waals surface area contributed by atoms with E-state index in [1.807, 2.05) is 13.0 Å². The van der Waals surface area contributed by atoms with Crippen molar-refractivity contribution in [2.45, 2.75) is 27.3 Å². The van der Waals surface area contributed by atoms with Gasteiger partial charge in [-0.05, 0) is 68.8 Å². The number of halogens is 1. The van der Waals surface area contributed by atoms with Crippen molar-refractivity contribution >= 4 is 23.2 Å². The lowest BCUT2D eigenvalue weighted by atomic mass is 10.1. The van der Waals surface area contributed by atoms with Gasteiger partial charge in [0.25, 0.3) is 11.4 Å². The van der Waals surface area contributed by atoms with E-state index >= 15 is 0 Å². The third kappa shape index (κ3) is 5.02. The van der Waals surface area contributed by atoms with E-state index < -0.39 is 0 Å². The van der Waals surface area contributed by atoms with Gasteiger partial charge in [0.1, 0.15) is 17.9 Å². The highest BCUT2D eigenvalue weighted by Crippen LogP contribution is 2.25. The number of carbonyl (C=O) groups is 1. The zero-order valence-electron chi connectivity index (χ0n) is 19.0. The molecule has 9 heteroatoms. The van der Waals surface area contributed by atoms with E-state index in [9.17, 15) is 9.59 Å². The van der Waals surface area contributed by atoms with E-state index in [1.165, 1.54) is 4.57 Å². The summed E-state index contributed by atoms with van der Waals surface area (Å²) in [5.41, 5.74) is 2.45. The summed E-state index contributed by atoms with van der Waals surface area (Å²) in [6, 6.07) is 15.9. The van der Waals surface area contributed by atoms with Crippen molar-refractivity contribution in [3.05, 3.63) is 81.2 Å². The Morgan fingerprint density at radius 2 is 1.91 bits per heavy atom. The predicted molar refractivity (Wildman–Crippen MR) is 130 cm³/mol. The lowest BCUT2D eigenvalue weighted by molar-refractivity contribution is -0.116. The molecule has 2 aromatic carbocycles. The maximum absolute atomic E-state index is 13.3. The minimum atomic E-state index is -0.388. The SMILES string of the molecule is CCOc1ccc(NC(=O)Cn2c(C)cc(C)c(-c3nc(-c4cccc(Cl)c4)no3)c2=O)cc1. The number of nitrogens with one attached hydrogen (secondary N) is 1. The summed E-state index contributed by atoms with van der Waals surface area (Å²) in [6.45, 7) is 5.85. The minimum absolute atomic E-state index is 0.0816. The van der Waals surface area contributed by atoms with E-state index in [-0.39, 0.29) is 29.5 Å². The Bertz CT molecular complexity index is 1390. The maximum Gasteiger partial charge on any atom is 0.264 e. The van der Waals surface area contributed by atoms with Gasteiger partial charge in [0, 0.05) is 22.0 Å². The van der Waals surface area contributed by atoms with Crippen LogP contribution >= 0.6 is 11.6 Å². The minimum Gasteiger partial charge on any atom is -0.494 e. The summed E-state index contributed by atoms with van der Waals surface area (Å²) in [5.74, 6) is 0.775. The van der Waals surface area contributed by atoms with Gasteiger partial charge in [-0.15, -0.1) is 0 Å². The first-order valence-electron chi connectivity index (χ1n) is 10.7. The highest BCUT2D eigenvalue weighted by atomic mass is 35.5. The topological polar surface area (TPSA) is 99.2 Å². The van der Waals surface area contributed by atoms with E-state index in [2.05, 4.69) is 15.5 Å². The molecule has 2 heterocycles. The fourth-order valence-corrected chi connectivity index (χ4v) is 3.79. The molecule has 2 aromatic heterocycles. The first-order valence-corrected chi connectivity index (χ1v) is 11.1. The van der Waals surface area contributed by atoms with Gasteiger partial charge in [-0.25, -0.2) is 0 Å². The van der Waals surface area contributed by atoms with Gasteiger partial charge < -0.3 is 19.1 Å². The monoisotopic (exact) mass is 478 g/mol. The van der Waals surface area contributed by atoms with Crippen LogP contribution < -0.4 is 15.6 Å². The van der Waals surface area contributed by atoms with Gasteiger partial charge in [-0.2, -0.15) is 4.98 Å². The summed E-state index contributed by atoms with van der Waals surface area (Å²) in [7, 11) is 0. The molecule has 174 valence electrons. The van der Waals surface area contributed by atoms with Crippen molar-refractivity contribution < 1.29 is 14.1 Å². The Labute approximate surface area is 201 Å². The summed E-state index contributed by atoms with van der Waals surface area (Å²) in [6.07, 6.45) is 0. The summed E-state index contributed by atoms with van der Waals surface area (Å²) >= 11 is 6.05. The number of nitrogens with zero attached hydrogens (tertiary/aromatic N) is 3. The molecule has 0 bridgehead atoms. The number of rotatable bonds is 7. The smallest absolute Gasteiger partial charge is 0.264 e. The number of hydrogen-bond donors (Lipinski definition) is 1. The Hall–Kier alpha value is -3.91. The van der Waals surface area contributed by atoms with E-state index in [4.69, 9.17) is 20.9 Å². The number of benzene rings is 2. The number of pyridine rings is 1. The molecular weight excluding hydrogens is 456 g/mol. The highest BCUT2D eigenvalue weighted by Gasteiger charge is 2.20. The molecule has 8 nitrogen and oxygen atoms in total. The standard InChI is InChI=1S/C25H23ClN4O4/c1-4-33-20-10-8-19(9-11-20)27-21(31)14-30-16(3)12-15(2)22(25(30)32)24-28-23(29-34-24)17-6-5-7-18(26)13-17/h5-13H,4,14H2,1-3H3,(H,27,31). The molecule has 0 unspecified atom stereocenters. The quantitative estimate of drug-likeness (QED) is 0.406.